The van der Waals surface area contributed by atoms with E-state index in [9.17, 15) is 18.0 Å². The summed E-state index contributed by atoms with van der Waals surface area (Å²) in [4.78, 5) is 14.9. The van der Waals surface area contributed by atoms with E-state index in [0.717, 1.165) is 18.3 Å². The van der Waals surface area contributed by atoms with Gasteiger partial charge in [0.2, 0.25) is 5.95 Å². The molecule has 1 heterocycles. The molecule has 0 fully saturated rings. The van der Waals surface area contributed by atoms with Gasteiger partial charge in [-0.2, -0.15) is 4.39 Å². The van der Waals surface area contributed by atoms with E-state index in [0.29, 0.717) is 9.26 Å². The van der Waals surface area contributed by atoms with Crippen molar-refractivity contribution in [3.8, 4) is 0 Å². The van der Waals surface area contributed by atoms with Gasteiger partial charge >= 0.3 is 0 Å². The van der Waals surface area contributed by atoms with Gasteiger partial charge in [-0.05, 0) is 46.9 Å². The average Bonchev–Trinajstić information content (AvgIpc) is 2.36. The van der Waals surface area contributed by atoms with Crippen molar-refractivity contribution in [2.45, 2.75) is 0 Å². The third kappa shape index (κ3) is 3.03. The van der Waals surface area contributed by atoms with E-state index in [-0.39, 0.29) is 0 Å². The van der Waals surface area contributed by atoms with Gasteiger partial charge in [-0.3, -0.25) is 4.79 Å². The van der Waals surface area contributed by atoms with Crippen molar-refractivity contribution in [2.75, 3.05) is 5.32 Å². The molecule has 19 heavy (non-hydrogen) atoms. The molecule has 1 amide bonds. The third-order valence-corrected chi connectivity index (χ3v) is 3.16. The number of benzene rings is 1. The van der Waals surface area contributed by atoms with Crippen LogP contribution in [-0.2, 0) is 0 Å². The molecule has 0 atom stereocenters. The first-order valence-electron chi connectivity index (χ1n) is 5.05. The number of carbonyl (C=O) groups excluding carboxylic acids is 1. The fourth-order valence-electron chi connectivity index (χ4n) is 1.37. The summed E-state index contributed by atoms with van der Waals surface area (Å²) >= 11 is 1.82. The van der Waals surface area contributed by atoms with E-state index >= 15 is 0 Å². The van der Waals surface area contributed by atoms with Crippen LogP contribution < -0.4 is 5.32 Å². The quantitative estimate of drug-likeness (QED) is 0.644. The van der Waals surface area contributed by atoms with Crippen LogP contribution in [0.2, 0.25) is 0 Å². The molecule has 0 saturated heterocycles. The summed E-state index contributed by atoms with van der Waals surface area (Å²) in [5, 5.41) is 2.37. The zero-order valence-corrected chi connectivity index (χ0v) is 11.4. The maximum absolute atomic E-state index is 13.4. The van der Waals surface area contributed by atoms with Crippen LogP contribution in [0.5, 0.6) is 0 Å². The molecule has 0 radical (unpaired) electrons. The van der Waals surface area contributed by atoms with Gasteiger partial charge in [0.1, 0.15) is 5.82 Å². The van der Waals surface area contributed by atoms with Crippen LogP contribution in [0.1, 0.15) is 10.4 Å². The molecule has 1 aromatic heterocycles. The van der Waals surface area contributed by atoms with Crippen LogP contribution >= 0.6 is 22.6 Å². The molecule has 2 rings (SSSR count). The number of halogens is 4. The Morgan fingerprint density at radius 1 is 1.21 bits per heavy atom. The maximum Gasteiger partial charge on any atom is 0.258 e. The maximum atomic E-state index is 13.4. The number of pyridine rings is 1. The Bertz CT molecular complexity index is 649. The largest absolute Gasteiger partial charge is 0.321 e. The summed E-state index contributed by atoms with van der Waals surface area (Å²) in [7, 11) is 0. The van der Waals surface area contributed by atoms with Crippen molar-refractivity contribution in [1.29, 1.82) is 0 Å². The fraction of sp³-hybridized carbons (Fsp3) is 0. The van der Waals surface area contributed by atoms with Crippen LogP contribution in [-0.4, -0.2) is 10.9 Å². The van der Waals surface area contributed by atoms with Gasteiger partial charge in [-0.15, -0.1) is 0 Å². The van der Waals surface area contributed by atoms with Crippen molar-refractivity contribution in [2.24, 2.45) is 0 Å². The highest BCUT2D eigenvalue weighted by molar-refractivity contribution is 14.1. The van der Waals surface area contributed by atoms with Crippen LogP contribution in [0.4, 0.5) is 18.9 Å². The lowest BCUT2D eigenvalue weighted by Crippen LogP contribution is -2.15. The molecule has 7 heteroatoms. The highest BCUT2D eigenvalue weighted by atomic mass is 127. The SMILES string of the molecule is O=C(Nc1ccc(F)cc1I)c1ccnc(F)c1F. The van der Waals surface area contributed by atoms with Crippen molar-refractivity contribution in [3.63, 3.8) is 0 Å². The highest BCUT2D eigenvalue weighted by Gasteiger charge is 2.17. The minimum absolute atomic E-state index is 0.309. The van der Waals surface area contributed by atoms with Crippen molar-refractivity contribution < 1.29 is 18.0 Å². The number of nitrogens with zero attached hydrogens (tertiary/aromatic N) is 1. The van der Waals surface area contributed by atoms with Crippen molar-refractivity contribution in [1.82, 2.24) is 4.98 Å². The fourth-order valence-corrected chi connectivity index (χ4v) is 1.99. The van der Waals surface area contributed by atoms with E-state index < -0.39 is 29.1 Å². The summed E-state index contributed by atoms with van der Waals surface area (Å²) in [6.45, 7) is 0. The number of hydrogen-bond acceptors (Lipinski definition) is 2. The second kappa shape index (κ2) is 5.55. The number of amides is 1. The van der Waals surface area contributed by atoms with Crippen LogP contribution in [0, 0.1) is 21.2 Å². The number of carbonyl (C=O) groups is 1. The topological polar surface area (TPSA) is 42.0 Å². The minimum atomic E-state index is -1.35. The van der Waals surface area contributed by atoms with Gasteiger partial charge in [0.05, 0.1) is 11.3 Å². The molecule has 0 aliphatic rings. The predicted molar refractivity (Wildman–Crippen MR) is 71.2 cm³/mol. The zero-order valence-electron chi connectivity index (χ0n) is 9.25. The first-order valence-corrected chi connectivity index (χ1v) is 6.13. The highest BCUT2D eigenvalue weighted by Crippen LogP contribution is 2.20. The average molecular weight is 378 g/mol. The van der Waals surface area contributed by atoms with E-state index in [1.807, 2.05) is 22.6 Å². The number of nitrogens with one attached hydrogen (secondary N) is 1. The lowest BCUT2D eigenvalue weighted by Gasteiger charge is -2.08. The standard InChI is InChI=1S/C12H6F3IN2O/c13-6-1-2-9(8(16)5-6)18-12(19)7-3-4-17-11(15)10(7)14/h1-5H,(H,18,19). The Labute approximate surface area is 120 Å². The lowest BCUT2D eigenvalue weighted by molar-refractivity contribution is 0.102. The van der Waals surface area contributed by atoms with Gasteiger partial charge in [0.15, 0.2) is 5.82 Å². The van der Waals surface area contributed by atoms with E-state index in [4.69, 9.17) is 0 Å². The summed E-state index contributed by atoms with van der Waals surface area (Å²) in [5.74, 6) is -3.95. The molecule has 0 aliphatic carbocycles. The third-order valence-electron chi connectivity index (χ3n) is 2.27. The van der Waals surface area contributed by atoms with Crippen LogP contribution in [0.15, 0.2) is 30.5 Å². The molecular weight excluding hydrogens is 372 g/mol. The zero-order chi connectivity index (χ0) is 14.0. The second-order valence-corrected chi connectivity index (χ2v) is 4.70. The Balaban J connectivity index is 2.28. The van der Waals surface area contributed by atoms with E-state index in [1.54, 1.807) is 0 Å². The predicted octanol–water partition coefficient (Wildman–Crippen LogP) is 3.36. The monoisotopic (exact) mass is 378 g/mol. The van der Waals surface area contributed by atoms with E-state index in [2.05, 4.69) is 10.3 Å². The van der Waals surface area contributed by atoms with Crippen molar-refractivity contribution >= 4 is 34.2 Å². The smallest absolute Gasteiger partial charge is 0.258 e. The Kier molecular flexibility index (Phi) is 4.03. The number of aromatic nitrogens is 1. The summed E-state index contributed by atoms with van der Waals surface area (Å²) in [5.41, 5.74) is -0.156. The molecule has 0 spiro atoms. The Morgan fingerprint density at radius 3 is 2.63 bits per heavy atom. The summed E-state index contributed by atoms with van der Waals surface area (Å²) < 4.78 is 39.6. The molecule has 1 aromatic carbocycles. The second-order valence-electron chi connectivity index (χ2n) is 3.54. The summed E-state index contributed by atoms with van der Waals surface area (Å²) in [6.07, 6.45) is 0.989. The van der Waals surface area contributed by atoms with Gasteiger partial charge < -0.3 is 5.32 Å². The first-order chi connectivity index (χ1) is 8.99. The number of rotatable bonds is 2. The van der Waals surface area contributed by atoms with Crippen molar-refractivity contribution in [3.05, 3.63) is 57.2 Å². The Hall–Kier alpha value is -1.64. The number of hydrogen-bond donors (Lipinski definition) is 1. The molecular formula is C12H6F3IN2O. The van der Waals surface area contributed by atoms with Gasteiger partial charge in [-0.1, -0.05) is 0 Å². The molecule has 2 aromatic rings. The molecule has 0 bridgehead atoms. The Morgan fingerprint density at radius 2 is 1.95 bits per heavy atom. The first kappa shape index (κ1) is 13.8. The molecule has 98 valence electrons. The van der Waals surface area contributed by atoms with Gasteiger partial charge in [-0.25, -0.2) is 13.8 Å². The van der Waals surface area contributed by atoms with E-state index in [1.165, 1.54) is 12.1 Å². The number of anilines is 1. The normalized spacial score (nSPS) is 10.3. The molecule has 0 saturated carbocycles. The summed E-state index contributed by atoms with van der Waals surface area (Å²) in [6, 6.07) is 4.76. The molecule has 1 N–H and O–H groups in total. The minimum Gasteiger partial charge on any atom is -0.321 e. The lowest BCUT2D eigenvalue weighted by atomic mass is 10.2. The van der Waals surface area contributed by atoms with Crippen LogP contribution in [0.3, 0.4) is 0 Å². The van der Waals surface area contributed by atoms with Crippen LogP contribution in [0.25, 0.3) is 0 Å². The van der Waals surface area contributed by atoms with Gasteiger partial charge in [0.25, 0.3) is 5.91 Å². The molecule has 3 nitrogen and oxygen atoms in total. The molecule has 0 aliphatic heterocycles. The molecule has 0 unspecified atom stereocenters. The van der Waals surface area contributed by atoms with Gasteiger partial charge in [0, 0.05) is 9.77 Å².